The molecule has 0 spiro atoms. The highest BCUT2D eigenvalue weighted by molar-refractivity contribution is 6.36. The zero-order valence-electron chi connectivity index (χ0n) is 25.6. The number of fused-ring (bicyclic) bond motifs is 1. The van der Waals surface area contributed by atoms with Crippen LogP contribution >= 0.6 is 23.2 Å². The number of carbonyl (C=O) groups is 1. The second-order valence-corrected chi connectivity index (χ2v) is 12.6. The Morgan fingerprint density at radius 1 is 0.935 bits per heavy atom. The molecule has 1 saturated heterocycles. The molecule has 1 N–H and O–H groups in total. The lowest BCUT2D eigenvalue weighted by molar-refractivity contribution is 0.0233. The van der Waals surface area contributed by atoms with E-state index in [1.165, 1.54) is 0 Å². The van der Waals surface area contributed by atoms with Crippen LogP contribution in [0.15, 0.2) is 91.0 Å². The van der Waals surface area contributed by atoms with Gasteiger partial charge in [-0.25, -0.2) is 5.48 Å². The van der Waals surface area contributed by atoms with Gasteiger partial charge in [0.2, 0.25) is 0 Å². The summed E-state index contributed by atoms with van der Waals surface area (Å²) >= 11 is 13.1. The van der Waals surface area contributed by atoms with Crippen molar-refractivity contribution in [2.24, 2.45) is 0 Å². The number of benzene rings is 4. The molecule has 6 rings (SSSR count). The summed E-state index contributed by atoms with van der Waals surface area (Å²) in [5.74, 6) is 0.523. The molecule has 1 amide bonds. The monoisotopic (exact) mass is 658 g/mol. The van der Waals surface area contributed by atoms with Gasteiger partial charge in [-0.3, -0.25) is 18.9 Å². The molecular formula is C38H37Cl2FN2O3. The molecule has 1 fully saturated rings. The Balaban J connectivity index is 1.28. The van der Waals surface area contributed by atoms with Crippen molar-refractivity contribution in [3.63, 3.8) is 0 Å². The van der Waals surface area contributed by atoms with Gasteiger partial charge in [-0.1, -0.05) is 77.8 Å². The largest absolute Gasteiger partial charge is 0.489 e. The van der Waals surface area contributed by atoms with Crippen LogP contribution in [-0.4, -0.2) is 43.2 Å². The maximum Gasteiger partial charge on any atom is 0.274 e. The van der Waals surface area contributed by atoms with Gasteiger partial charge in [0.15, 0.2) is 0 Å². The van der Waals surface area contributed by atoms with Gasteiger partial charge in [0.05, 0.1) is 13.3 Å². The quantitative estimate of drug-likeness (QED) is 0.163. The molecule has 0 radical (unpaired) electrons. The molecule has 46 heavy (non-hydrogen) atoms. The Labute approximate surface area is 279 Å². The summed E-state index contributed by atoms with van der Waals surface area (Å²) in [5.41, 5.74) is 10.5. The molecule has 4 aromatic rings. The summed E-state index contributed by atoms with van der Waals surface area (Å²) in [6, 6.07) is 29.4. The fourth-order valence-electron chi connectivity index (χ4n) is 6.35. The molecule has 0 bridgehead atoms. The first-order valence-corrected chi connectivity index (χ1v) is 16.6. The lowest BCUT2D eigenvalue weighted by Crippen LogP contribution is -2.26. The molecule has 0 unspecified atom stereocenters. The van der Waals surface area contributed by atoms with E-state index >= 15 is 0 Å². The number of hydroxylamine groups is 1. The summed E-state index contributed by atoms with van der Waals surface area (Å²) in [6.07, 6.45) is 4.09. The van der Waals surface area contributed by atoms with Crippen LogP contribution in [0.4, 0.5) is 4.39 Å². The molecule has 0 aromatic heterocycles. The van der Waals surface area contributed by atoms with Crippen molar-refractivity contribution in [1.29, 1.82) is 0 Å². The Morgan fingerprint density at radius 3 is 2.52 bits per heavy atom. The molecule has 1 atom stereocenters. The smallest absolute Gasteiger partial charge is 0.274 e. The van der Waals surface area contributed by atoms with Crippen molar-refractivity contribution in [2.45, 2.75) is 44.8 Å². The summed E-state index contributed by atoms with van der Waals surface area (Å²) < 4.78 is 19.0. The number of amides is 1. The summed E-state index contributed by atoms with van der Waals surface area (Å²) in [6.45, 7) is 2.50. The molecule has 1 aliphatic carbocycles. The average Bonchev–Trinajstić information content (AvgIpc) is 3.43. The third-order valence-corrected chi connectivity index (χ3v) is 9.14. The number of allylic oxidation sites excluding steroid dienone is 1. The predicted octanol–water partition coefficient (Wildman–Crippen LogP) is 8.96. The van der Waals surface area contributed by atoms with Crippen molar-refractivity contribution in [2.75, 3.05) is 26.3 Å². The van der Waals surface area contributed by atoms with E-state index in [1.807, 2.05) is 72.8 Å². The van der Waals surface area contributed by atoms with Crippen LogP contribution in [0.2, 0.25) is 10.0 Å². The first-order valence-electron chi connectivity index (χ1n) is 15.8. The van der Waals surface area contributed by atoms with Crippen LogP contribution in [0.3, 0.4) is 0 Å². The number of nitrogens with zero attached hydrogens (tertiary/aromatic N) is 1. The molecule has 1 heterocycles. The number of alkyl halides is 1. The van der Waals surface area contributed by atoms with Crippen LogP contribution in [0, 0.1) is 0 Å². The second-order valence-electron chi connectivity index (χ2n) is 11.8. The number of hydrogen-bond acceptors (Lipinski definition) is 4. The van der Waals surface area contributed by atoms with Crippen molar-refractivity contribution < 1.29 is 18.8 Å². The Bertz CT molecular complexity index is 1690. The van der Waals surface area contributed by atoms with Crippen molar-refractivity contribution in [1.82, 2.24) is 10.4 Å². The van der Waals surface area contributed by atoms with Gasteiger partial charge in [-0.15, -0.1) is 0 Å². The summed E-state index contributed by atoms with van der Waals surface area (Å²) in [5, 5.41) is 1.19. The van der Waals surface area contributed by atoms with E-state index in [0.29, 0.717) is 22.0 Å². The highest BCUT2D eigenvalue weighted by Crippen LogP contribution is 2.42. The number of hydrogen-bond donors (Lipinski definition) is 1. The minimum absolute atomic E-state index is 0.0907. The number of aryl methyl sites for hydroxylation is 1. The zero-order valence-corrected chi connectivity index (χ0v) is 27.1. The third kappa shape index (κ3) is 7.81. The highest BCUT2D eigenvalue weighted by atomic mass is 35.5. The summed E-state index contributed by atoms with van der Waals surface area (Å²) in [7, 11) is 0. The fourth-order valence-corrected chi connectivity index (χ4v) is 6.88. The number of likely N-dealkylation sites (tertiary alicyclic amines) is 1. The molecule has 1 aliphatic heterocycles. The van der Waals surface area contributed by atoms with E-state index in [4.69, 9.17) is 32.8 Å². The standard InChI is InChI=1S/C38H37Cl2FN2O3/c39-30-13-17-34(36(40)23-30)35-9-4-8-28-22-29(38(44)42-45-25-26-6-2-1-3-7-26)12-16-33(28)37(35)27-10-14-31(15-11-27)46-32-18-21-43(24-32)20-5-19-41/h1-3,6-7,10-17,22-23,32H,4-5,8-9,18-21,24-25H2,(H,42,44)/t32-/m0/s1. The van der Waals surface area contributed by atoms with E-state index in [9.17, 15) is 9.18 Å². The maximum atomic E-state index is 13.1. The lowest BCUT2D eigenvalue weighted by atomic mass is 9.87. The molecule has 4 aromatic carbocycles. The van der Waals surface area contributed by atoms with Crippen LogP contribution in [-0.2, 0) is 17.9 Å². The zero-order chi connectivity index (χ0) is 31.9. The number of nitrogens with one attached hydrogen (secondary N) is 1. The van der Waals surface area contributed by atoms with Gasteiger partial charge < -0.3 is 4.74 Å². The Hall–Kier alpha value is -3.68. The van der Waals surface area contributed by atoms with Gasteiger partial charge in [0, 0.05) is 35.2 Å². The SMILES string of the molecule is O=C(NOCc1ccccc1)c1ccc2c(c1)CCCC(c1ccc(Cl)cc1Cl)=C2c1ccc(O[C@H]2CCN(CCCF)C2)cc1. The van der Waals surface area contributed by atoms with E-state index in [-0.39, 0.29) is 25.3 Å². The van der Waals surface area contributed by atoms with Crippen LogP contribution in [0.25, 0.3) is 11.1 Å². The van der Waals surface area contributed by atoms with E-state index in [2.05, 4.69) is 22.5 Å². The molecule has 238 valence electrons. The summed E-state index contributed by atoms with van der Waals surface area (Å²) in [4.78, 5) is 20.8. The highest BCUT2D eigenvalue weighted by Gasteiger charge is 2.25. The van der Waals surface area contributed by atoms with Crippen molar-refractivity contribution in [3.05, 3.63) is 134 Å². The molecule has 5 nitrogen and oxygen atoms in total. The van der Waals surface area contributed by atoms with Gasteiger partial charge in [0.25, 0.3) is 5.91 Å². The number of halogens is 3. The Kier molecular flexibility index (Phi) is 10.7. The normalized spacial score (nSPS) is 16.6. The van der Waals surface area contributed by atoms with Crippen LogP contribution in [0.1, 0.15) is 63.9 Å². The molecular weight excluding hydrogens is 622 g/mol. The van der Waals surface area contributed by atoms with Crippen LogP contribution < -0.4 is 10.2 Å². The maximum absolute atomic E-state index is 13.1. The molecule has 8 heteroatoms. The van der Waals surface area contributed by atoms with Gasteiger partial charge >= 0.3 is 0 Å². The van der Waals surface area contributed by atoms with Crippen molar-refractivity contribution in [3.8, 4) is 5.75 Å². The number of rotatable bonds is 11. The molecule has 2 aliphatic rings. The van der Waals surface area contributed by atoms with Gasteiger partial charge in [-0.2, -0.15) is 0 Å². The minimum Gasteiger partial charge on any atom is -0.489 e. The number of ether oxygens (including phenoxy) is 1. The minimum atomic E-state index is -0.288. The van der Waals surface area contributed by atoms with E-state index in [1.54, 1.807) is 6.07 Å². The molecule has 0 saturated carbocycles. The first-order chi connectivity index (χ1) is 22.5. The van der Waals surface area contributed by atoms with Gasteiger partial charge in [0.1, 0.15) is 11.9 Å². The van der Waals surface area contributed by atoms with Crippen molar-refractivity contribution >= 4 is 40.3 Å². The predicted molar refractivity (Wildman–Crippen MR) is 183 cm³/mol. The topological polar surface area (TPSA) is 50.8 Å². The van der Waals surface area contributed by atoms with Gasteiger partial charge in [-0.05, 0) is 107 Å². The third-order valence-electron chi connectivity index (χ3n) is 8.60. The van der Waals surface area contributed by atoms with E-state index in [0.717, 1.165) is 90.0 Å². The second kappa shape index (κ2) is 15.3. The number of carbonyl (C=O) groups excluding carboxylic acids is 1. The van der Waals surface area contributed by atoms with E-state index < -0.39 is 0 Å². The Morgan fingerprint density at radius 2 is 1.74 bits per heavy atom. The fraction of sp³-hybridized carbons (Fsp3) is 0.289. The average molecular weight is 660 g/mol. The van der Waals surface area contributed by atoms with Crippen LogP contribution in [0.5, 0.6) is 5.75 Å². The first kappa shape index (κ1) is 32.3. The lowest BCUT2D eigenvalue weighted by Gasteiger charge is -2.19.